The van der Waals surface area contributed by atoms with Gasteiger partial charge in [0, 0.05) is 44.4 Å². The van der Waals surface area contributed by atoms with Crippen LogP contribution in [0.2, 0.25) is 0 Å². The molecule has 0 aromatic heterocycles. The Morgan fingerprint density at radius 3 is 1.05 bits per heavy atom. The van der Waals surface area contributed by atoms with Crippen molar-refractivity contribution in [3.63, 3.8) is 0 Å². The summed E-state index contributed by atoms with van der Waals surface area (Å²) < 4.78 is 0. The van der Waals surface area contributed by atoms with Crippen molar-refractivity contribution in [1.82, 2.24) is 0 Å². The number of para-hydroxylation sites is 1. The largest absolute Gasteiger partial charge is 0.310 e. The van der Waals surface area contributed by atoms with Crippen molar-refractivity contribution in [2.75, 3.05) is 14.7 Å². The lowest BCUT2D eigenvalue weighted by atomic mass is 9.65. The molecular weight excluding hydrogens is 1050 g/mol. The molecule has 2 heterocycles. The number of rotatable bonds is 8. The van der Waals surface area contributed by atoms with Gasteiger partial charge in [-0.3, -0.25) is 0 Å². The topological polar surface area (TPSA) is 9.72 Å². The molecule has 87 heavy (non-hydrogen) atoms. The zero-order chi connectivity index (χ0) is 58.1. The molecule has 0 aliphatic carbocycles. The van der Waals surface area contributed by atoms with Crippen LogP contribution < -0.4 is 14.7 Å². The number of benzene rings is 15. The van der Waals surface area contributed by atoms with E-state index in [1.54, 1.807) is 0 Å². The van der Waals surface area contributed by atoms with Gasteiger partial charge >= 0.3 is 0 Å². The molecule has 3 heteroatoms. The lowest BCUT2D eigenvalue weighted by Gasteiger charge is -2.50. The highest BCUT2D eigenvalue weighted by atomic mass is 15.2. The molecule has 3 nitrogen and oxygen atoms in total. The summed E-state index contributed by atoms with van der Waals surface area (Å²) in [6, 6.07) is 111. The molecule has 0 fully saturated rings. The van der Waals surface area contributed by atoms with Crippen molar-refractivity contribution in [1.29, 1.82) is 0 Å². The van der Waals surface area contributed by atoms with E-state index < -0.39 is 5.41 Å². The maximum atomic E-state index is 2.60. The van der Waals surface area contributed by atoms with E-state index >= 15 is 0 Å². The Hall–Kier alpha value is -10.7. The molecule has 17 rings (SSSR count). The Morgan fingerprint density at radius 1 is 0.253 bits per heavy atom. The predicted octanol–water partition coefficient (Wildman–Crippen LogP) is 23.6. The van der Waals surface area contributed by atoms with Gasteiger partial charge in [0.25, 0.3) is 0 Å². The van der Waals surface area contributed by atoms with Crippen LogP contribution in [0.1, 0.15) is 49.9 Å². The number of hydrogen-bond acceptors (Lipinski definition) is 3. The first-order chi connectivity index (χ1) is 42.6. The Morgan fingerprint density at radius 2 is 0.598 bits per heavy atom. The van der Waals surface area contributed by atoms with Gasteiger partial charge < -0.3 is 14.7 Å². The van der Waals surface area contributed by atoms with Crippen molar-refractivity contribution in [3.05, 3.63) is 320 Å². The smallest absolute Gasteiger partial charge is 0.0544 e. The number of nitrogens with zero attached hydrogens (tertiary/aromatic N) is 3. The van der Waals surface area contributed by atoms with Crippen LogP contribution in [0.3, 0.4) is 0 Å². The fourth-order valence-corrected chi connectivity index (χ4v) is 14.8. The first-order valence-corrected chi connectivity index (χ1v) is 30.5. The normalized spacial score (nSPS) is 13.7. The monoisotopic (exact) mass is 1110 g/mol. The van der Waals surface area contributed by atoms with Crippen LogP contribution in [0.5, 0.6) is 0 Å². The van der Waals surface area contributed by atoms with Gasteiger partial charge in [-0.15, -0.1) is 0 Å². The van der Waals surface area contributed by atoms with Crippen LogP contribution in [0.15, 0.2) is 297 Å². The summed E-state index contributed by atoms with van der Waals surface area (Å²) in [6.07, 6.45) is 0. The molecule has 412 valence electrons. The molecular formula is C84H61N3. The lowest BCUT2D eigenvalue weighted by molar-refractivity contribution is 0.598. The van der Waals surface area contributed by atoms with E-state index in [1.165, 1.54) is 126 Å². The molecule has 15 aromatic carbocycles. The molecule has 0 unspecified atom stereocenters. The van der Waals surface area contributed by atoms with E-state index in [0.29, 0.717) is 0 Å². The minimum Gasteiger partial charge on any atom is -0.310 e. The first kappa shape index (κ1) is 50.7. The van der Waals surface area contributed by atoms with E-state index in [4.69, 9.17) is 0 Å². The number of hydrogen-bond donors (Lipinski definition) is 0. The highest BCUT2D eigenvalue weighted by Crippen LogP contribution is 2.62. The Kier molecular flexibility index (Phi) is 11.3. The Balaban J connectivity index is 0.831. The predicted molar refractivity (Wildman–Crippen MR) is 371 cm³/mol. The molecule has 2 aliphatic heterocycles. The van der Waals surface area contributed by atoms with Gasteiger partial charge in [0.2, 0.25) is 0 Å². The minimum absolute atomic E-state index is 0.298. The average Bonchev–Trinajstić information content (AvgIpc) is 1.07. The molecule has 0 spiro atoms. The van der Waals surface area contributed by atoms with Gasteiger partial charge in [0.05, 0.1) is 28.4 Å². The van der Waals surface area contributed by atoms with E-state index in [0.717, 1.165) is 34.1 Å². The van der Waals surface area contributed by atoms with E-state index in [2.05, 4.69) is 340 Å². The molecule has 0 saturated heterocycles. The Bertz CT molecular complexity index is 5180. The van der Waals surface area contributed by atoms with E-state index in [1.807, 2.05) is 0 Å². The lowest BCUT2D eigenvalue weighted by Crippen LogP contribution is -2.38. The van der Waals surface area contributed by atoms with Crippen LogP contribution in [0.25, 0.3) is 86.9 Å². The van der Waals surface area contributed by atoms with Crippen LogP contribution in [0, 0.1) is 0 Å². The molecule has 2 aliphatic rings. The molecule has 0 bridgehead atoms. The summed E-state index contributed by atoms with van der Waals surface area (Å²) in [7, 11) is 0. The zero-order valence-corrected chi connectivity index (χ0v) is 49.1. The maximum Gasteiger partial charge on any atom is 0.0544 e. The van der Waals surface area contributed by atoms with Crippen LogP contribution >= 0.6 is 0 Å². The van der Waals surface area contributed by atoms with E-state index in [9.17, 15) is 0 Å². The number of fused-ring (bicyclic) bond motifs is 10. The van der Waals surface area contributed by atoms with Crippen molar-refractivity contribution in [3.8, 4) is 22.3 Å². The highest BCUT2D eigenvalue weighted by molar-refractivity contribution is 6.10. The second kappa shape index (κ2) is 19.4. The minimum atomic E-state index is -0.401. The average molecular weight is 1110 g/mol. The molecule has 0 atom stereocenters. The second-order valence-electron chi connectivity index (χ2n) is 24.9. The van der Waals surface area contributed by atoms with Crippen molar-refractivity contribution in [2.24, 2.45) is 0 Å². The third kappa shape index (κ3) is 7.96. The van der Waals surface area contributed by atoms with Crippen LogP contribution in [0.4, 0.5) is 51.2 Å². The number of anilines is 9. The molecule has 15 aromatic rings. The zero-order valence-electron chi connectivity index (χ0n) is 49.1. The Labute approximate surface area is 507 Å². The maximum absolute atomic E-state index is 2.60. The summed E-state index contributed by atoms with van der Waals surface area (Å²) in [6.45, 7) is 9.77. The molecule has 0 amide bonds. The fourth-order valence-electron chi connectivity index (χ4n) is 14.8. The van der Waals surface area contributed by atoms with Gasteiger partial charge in [-0.05, 0) is 189 Å². The van der Waals surface area contributed by atoms with Crippen molar-refractivity contribution >= 4 is 116 Å². The first-order valence-electron chi connectivity index (χ1n) is 30.5. The third-order valence-corrected chi connectivity index (χ3v) is 19.3. The van der Waals surface area contributed by atoms with Gasteiger partial charge in [-0.1, -0.05) is 234 Å². The SMILES string of the molecule is CC1(C)c2ccccc2N2c3ccc(-c4ccc(N(c5ccc6ccccc6c5)c5ccc6ccccc6c5)c5ccccc45)cc3C(C)(C)c3cc(-c4ccc(N(c5ccc6ccccc6c5)c5ccc6ccccc6c5)c5ccccc45)cc1c32. The molecule has 0 N–H and O–H groups in total. The van der Waals surface area contributed by atoms with Gasteiger partial charge in [-0.25, -0.2) is 0 Å². The highest BCUT2D eigenvalue weighted by Gasteiger charge is 2.46. The van der Waals surface area contributed by atoms with Crippen LogP contribution in [-0.2, 0) is 10.8 Å². The third-order valence-electron chi connectivity index (χ3n) is 19.3. The van der Waals surface area contributed by atoms with Gasteiger partial charge in [0.1, 0.15) is 0 Å². The summed E-state index contributed by atoms with van der Waals surface area (Å²) in [5.41, 5.74) is 19.9. The summed E-state index contributed by atoms with van der Waals surface area (Å²) in [4.78, 5) is 7.50. The standard InChI is InChI=1S/C84H61N3/c1-83(2)74-31-17-18-32-80(74)87-81-44-37-62(68-42-45-78(72-29-15-13-27-70(68)72)85(64-38-33-54-19-5-9-23-58(54)47-64)65-39-34-55-20-6-10-24-59(55)48-65)51-75(81)84(3,4)77-53-63(52-76(83)82(77)87)69-43-46-79(73-30-16-14-28-71(69)73)86(66-40-35-56-21-7-11-25-60(56)49-66)67-41-36-57-22-8-12-26-61(57)50-67/h5-53H,1-4H3. The van der Waals surface area contributed by atoms with Gasteiger partial charge in [-0.2, -0.15) is 0 Å². The molecule has 0 saturated carbocycles. The van der Waals surface area contributed by atoms with E-state index in [-0.39, 0.29) is 5.41 Å². The van der Waals surface area contributed by atoms with Crippen molar-refractivity contribution in [2.45, 2.75) is 38.5 Å². The van der Waals surface area contributed by atoms with Crippen molar-refractivity contribution < 1.29 is 0 Å². The summed E-state index contributed by atoms with van der Waals surface area (Å²) in [5.74, 6) is 0. The molecule has 0 radical (unpaired) electrons. The van der Waals surface area contributed by atoms with Gasteiger partial charge in [0.15, 0.2) is 0 Å². The quantitative estimate of drug-likeness (QED) is 0.150. The summed E-state index contributed by atoms with van der Waals surface area (Å²) >= 11 is 0. The summed E-state index contributed by atoms with van der Waals surface area (Å²) in [5, 5.41) is 14.5. The second-order valence-corrected chi connectivity index (χ2v) is 24.9. The fraction of sp³-hybridized carbons (Fsp3) is 0.0714. The van der Waals surface area contributed by atoms with Crippen LogP contribution in [-0.4, -0.2) is 0 Å².